The molecule has 1 fully saturated rings. The van der Waals surface area contributed by atoms with Gasteiger partial charge < -0.3 is 0 Å². The fourth-order valence-corrected chi connectivity index (χ4v) is 2.36. The predicted molar refractivity (Wildman–Crippen MR) is 59.9 cm³/mol. The molecule has 0 aromatic heterocycles. The number of allylic oxidation sites excluding steroid dienone is 1. The molecule has 0 bridgehead atoms. The van der Waals surface area contributed by atoms with Gasteiger partial charge >= 0.3 is 0 Å². The van der Waals surface area contributed by atoms with E-state index in [-0.39, 0.29) is 5.41 Å². The molecule has 1 rings (SSSR count). The average Bonchev–Trinajstić information content (AvgIpc) is 2.27. The Morgan fingerprint density at radius 1 is 1.50 bits per heavy atom. The van der Waals surface area contributed by atoms with Gasteiger partial charge in [-0.25, -0.2) is 0 Å². The van der Waals surface area contributed by atoms with Crippen molar-refractivity contribution in [3.05, 3.63) is 11.6 Å². The third kappa shape index (κ3) is 2.75. The van der Waals surface area contributed by atoms with Crippen molar-refractivity contribution < 1.29 is 0 Å². The molecule has 0 spiro atoms. The summed E-state index contributed by atoms with van der Waals surface area (Å²) in [6.07, 6.45) is 8.50. The molecule has 0 saturated heterocycles. The first kappa shape index (κ1) is 11.6. The molecule has 0 heterocycles. The highest BCUT2D eigenvalue weighted by Crippen LogP contribution is 2.42. The first-order valence-electron chi connectivity index (χ1n) is 5.43. The van der Waals surface area contributed by atoms with Crippen molar-refractivity contribution in [2.24, 2.45) is 11.3 Å². The van der Waals surface area contributed by atoms with Crippen molar-refractivity contribution in [2.75, 3.05) is 0 Å². The Morgan fingerprint density at radius 2 is 2.14 bits per heavy atom. The predicted octanol–water partition coefficient (Wildman–Crippen LogP) is 4.24. The van der Waals surface area contributed by atoms with Crippen LogP contribution in [0.25, 0.3) is 0 Å². The topological polar surface area (TPSA) is 23.8 Å². The van der Waals surface area contributed by atoms with Crippen LogP contribution in [0.1, 0.15) is 45.4 Å². The summed E-state index contributed by atoms with van der Waals surface area (Å²) in [5.74, 6) is 0.844. The van der Waals surface area contributed by atoms with Crippen LogP contribution in [0.15, 0.2) is 11.6 Å². The van der Waals surface area contributed by atoms with Crippen molar-refractivity contribution in [3.8, 4) is 6.07 Å². The molecule has 14 heavy (non-hydrogen) atoms. The maximum absolute atomic E-state index is 9.20. The van der Waals surface area contributed by atoms with Crippen LogP contribution in [0.2, 0.25) is 0 Å². The molecule has 0 aliphatic heterocycles. The maximum atomic E-state index is 9.20. The van der Waals surface area contributed by atoms with Crippen LogP contribution >= 0.6 is 11.6 Å². The minimum atomic E-state index is -0.114. The summed E-state index contributed by atoms with van der Waals surface area (Å²) in [5.41, 5.74) is 1.42. The Kier molecular flexibility index (Phi) is 4.48. The quantitative estimate of drug-likeness (QED) is 0.685. The van der Waals surface area contributed by atoms with Crippen LogP contribution in [-0.2, 0) is 0 Å². The Hall–Kier alpha value is -0.480. The molecule has 1 saturated carbocycles. The number of rotatable bonds is 3. The van der Waals surface area contributed by atoms with Crippen molar-refractivity contribution in [1.82, 2.24) is 0 Å². The largest absolute Gasteiger partial charge is 0.198 e. The number of nitriles is 1. The molecule has 0 unspecified atom stereocenters. The monoisotopic (exact) mass is 211 g/mol. The summed E-state index contributed by atoms with van der Waals surface area (Å²) in [6, 6.07) is 2.49. The second-order valence-electron chi connectivity index (χ2n) is 4.31. The van der Waals surface area contributed by atoms with Crippen LogP contribution in [-0.4, -0.2) is 0 Å². The van der Waals surface area contributed by atoms with Crippen molar-refractivity contribution in [2.45, 2.75) is 45.4 Å². The zero-order valence-electron chi connectivity index (χ0n) is 8.80. The molecule has 1 nitrogen and oxygen atoms in total. The van der Waals surface area contributed by atoms with E-state index in [0.717, 1.165) is 25.2 Å². The molecule has 1 aliphatic rings. The van der Waals surface area contributed by atoms with Gasteiger partial charge in [0.25, 0.3) is 0 Å². The number of halogens is 1. The first-order valence-corrected chi connectivity index (χ1v) is 5.86. The van der Waals surface area contributed by atoms with E-state index in [0.29, 0.717) is 0 Å². The summed E-state index contributed by atoms with van der Waals surface area (Å²) >= 11 is 5.51. The fourth-order valence-electron chi connectivity index (χ4n) is 2.27. The molecule has 78 valence electrons. The molecule has 0 aromatic rings. The van der Waals surface area contributed by atoms with Gasteiger partial charge in [0.1, 0.15) is 0 Å². The van der Waals surface area contributed by atoms with Crippen LogP contribution in [0.3, 0.4) is 0 Å². The number of nitrogens with zero attached hydrogens (tertiary/aromatic N) is 1. The lowest BCUT2D eigenvalue weighted by Gasteiger charge is -2.33. The Morgan fingerprint density at radius 3 is 2.57 bits per heavy atom. The van der Waals surface area contributed by atoms with Crippen molar-refractivity contribution in [1.29, 1.82) is 5.26 Å². The van der Waals surface area contributed by atoms with E-state index in [4.69, 9.17) is 11.6 Å². The minimum absolute atomic E-state index is 0.114. The second kappa shape index (κ2) is 5.41. The lowest BCUT2D eigenvalue weighted by atomic mass is 9.69. The molecule has 0 aromatic carbocycles. The molecule has 0 amide bonds. The van der Waals surface area contributed by atoms with Gasteiger partial charge in [-0.15, -0.1) is 0 Å². The summed E-state index contributed by atoms with van der Waals surface area (Å²) < 4.78 is 0. The van der Waals surface area contributed by atoms with Crippen LogP contribution in [0, 0.1) is 22.7 Å². The molecular formula is C12H18ClN. The van der Waals surface area contributed by atoms with Gasteiger partial charge in [-0.1, -0.05) is 31.0 Å². The lowest BCUT2D eigenvalue weighted by molar-refractivity contribution is 0.208. The van der Waals surface area contributed by atoms with E-state index >= 15 is 0 Å². The van der Waals surface area contributed by atoms with Crippen LogP contribution in [0.5, 0.6) is 0 Å². The van der Waals surface area contributed by atoms with Gasteiger partial charge in [-0.2, -0.15) is 5.26 Å². The molecule has 0 radical (unpaired) electrons. The third-order valence-corrected chi connectivity index (χ3v) is 3.65. The molecule has 0 N–H and O–H groups in total. The fraction of sp³-hybridized carbons (Fsp3) is 0.750. The van der Waals surface area contributed by atoms with E-state index in [1.165, 1.54) is 24.8 Å². The number of hydrogen-bond acceptors (Lipinski definition) is 1. The average molecular weight is 212 g/mol. The molecule has 0 atom stereocenters. The zero-order chi connectivity index (χ0) is 10.4. The van der Waals surface area contributed by atoms with Gasteiger partial charge in [-0.05, 0) is 38.0 Å². The standard InChI is InChI=1S/C12H18ClN/c1-2-11-4-7-12(10-14,8-5-11)6-3-9-13/h3,9,11H,2,4-8H2,1H3/b9-3+. The van der Waals surface area contributed by atoms with Crippen LogP contribution in [0.4, 0.5) is 0 Å². The second-order valence-corrected chi connectivity index (χ2v) is 4.56. The minimum Gasteiger partial charge on any atom is -0.198 e. The van der Waals surface area contributed by atoms with Gasteiger partial charge in [0, 0.05) is 5.54 Å². The molecule has 1 aliphatic carbocycles. The van der Waals surface area contributed by atoms with Crippen molar-refractivity contribution >= 4 is 11.6 Å². The molecule has 2 heteroatoms. The van der Waals surface area contributed by atoms with E-state index in [9.17, 15) is 5.26 Å². The van der Waals surface area contributed by atoms with Gasteiger partial charge in [-0.3, -0.25) is 0 Å². The Labute approximate surface area is 91.8 Å². The summed E-state index contributed by atoms with van der Waals surface area (Å²) in [4.78, 5) is 0. The molecular weight excluding hydrogens is 194 g/mol. The van der Waals surface area contributed by atoms with E-state index in [2.05, 4.69) is 13.0 Å². The maximum Gasteiger partial charge on any atom is 0.0693 e. The SMILES string of the molecule is CCC1CCC(C#N)(C/C=C/Cl)CC1. The van der Waals surface area contributed by atoms with E-state index < -0.39 is 0 Å². The zero-order valence-corrected chi connectivity index (χ0v) is 9.56. The summed E-state index contributed by atoms with van der Waals surface area (Å²) in [5, 5.41) is 9.20. The lowest BCUT2D eigenvalue weighted by Crippen LogP contribution is -2.25. The normalized spacial score (nSPS) is 33.1. The smallest absolute Gasteiger partial charge is 0.0693 e. The summed E-state index contributed by atoms with van der Waals surface area (Å²) in [6.45, 7) is 2.24. The highest BCUT2D eigenvalue weighted by Gasteiger charge is 2.33. The highest BCUT2D eigenvalue weighted by atomic mass is 35.5. The van der Waals surface area contributed by atoms with Crippen molar-refractivity contribution in [3.63, 3.8) is 0 Å². The van der Waals surface area contributed by atoms with Gasteiger partial charge in [0.05, 0.1) is 11.5 Å². The van der Waals surface area contributed by atoms with Gasteiger partial charge in [0.2, 0.25) is 0 Å². The highest BCUT2D eigenvalue weighted by molar-refractivity contribution is 6.25. The van der Waals surface area contributed by atoms with Crippen LogP contribution < -0.4 is 0 Å². The van der Waals surface area contributed by atoms with E-state index in [1.54, 1.807) is 0 Å². The first-order chi connectivity index (χ1) is 6.76. The van der Waals surface area contributed by atoms with E-state index in [1.807, 2.05) is 6.08 Å². The Balaban J connectivity index is 2.53. The third-order valence-electron chi connectivity index (χ3n) is 3.47. The summed E-state index contributed by atoms with van der Waals surface area (Å²) in [7, 11) is 0. The van der Waals surface area contributed by atoms with Gasteiger partial charge in [0.15, 0.2) is 0 Å². The Bertz CT molecular complexity index is 231. The number of hydrogen-bond donors (Lipinski definition) is 0.